The number of carbonyl (C=O) groups is 1. The van der Waals surface area contributed by atoms with E-state index in [4.69, 9.17) is 5.26 Å². The number of sulfonamides is 1. The van der Waals surface area contributed by atoms with Crippen LogP contribution in [0.25, 0.3) is 0 Å². The van der Waals surface area contributed by atoms with Gasteiger partial charge in [0, 0.05) is 6.54 Å². The van der Waals surface area contributed by atoms with Crippen molar-refractivity contribution in [1.29, 1.82) is 5.26 Å². The van der Waals surface area contributed by atoms with Crippen LogP contribution in [0.15, 0.2) is 0 Å². The highest BCUT2D eigenvalue weighted by molar-refractivity contribution is 7.89. The first-order chi connectivity index (χ1) is 7.47. The van der Waals surface area contributed by atoms with Gasteiger partial charge in [-0.05, 0) is 6.92 Å². The van der Waals surface area contributed by atoms with E-state index in [9.17, 15) is 13.2 Å². The number of carbonyl (C=O) groups excluding carboxylic acids is 1. The maximum Gasteiger partial charge on any atom is 0.306 e. The quantitative estimate of drug-likeness (QED) is 0.471. The summed E-state index contributed by atoms with van der Waals surface area (Å²) in [5, 5.41) is 8.45. The van der Waals surface area contributed by atoms with Crippen molar-refractivity contribution in [3.63, 3.8) is 0 Å². The molecule has 0 rings (SSSR count). The lowest BCUT2D eigenvalue weighted by atomic mass is 10.5. The standard InChI is InChI=1S/C9H16N2O4S/c1-3-11(7-6-10)16(13,14)8-5-9(12)15-4-2/h3-5,7-8H2,1-2H3. The van der Waals surface area contributed by atoms with Crippen LogP contribution in [0.2, 0.25) is 0 Å². The number of esters is 1. The summed E-state index contributed by atoms with van der Waals surface area (Å²) in [5.41, 5.74) is 0. The lowest BCUT2D eigenvalue weighted by Crippen LogP contribution is -2.34. The molecule has 0 amide bonds. The number of ether oxygens (including phenoxy) is 1. The van der Waals surface area contributed by atoms with Crippen molar-refractivity contribution in [2.75, 3.05) is 25.4 Å². The average Bonchev–Trinajstić information content (AvgIpc) is 2.23. The summed E-state index contributed by atoms with van der Waals surface area (Å²) in [4.78, 5) is 11.0. The minimum Gasteiger partial charge on any atom is -0.466 e. The van der Waals surface area contributed by atoms with Crippen LogP contribution in [0.5, 0.6) is 0 Å². The molecule has 0 fully saturated rings. The molecule has 0 unspecified atom stereocenters. The first-order valence-corrected chi connectivity index (χ1v) is 6.59. The molecule has 0 atom stereocenters. The van der Waals surface area contributed by atoms with Gasteiger partial charge in [0.05, 0.1) is 24.8 Å². The minimum absolute atomic E-state index is 0.182. The topological polar surface area (TPSA) is 87.5 Å². The third kappa shape index (κ3) is 5.09. The highest BCUT2D eigenvalue weighted by atomic mass is 32.2. The van der Waals surface area contributed by atoms with Gasteiger partial charge in [-0.3, -0.25) is 4.79 Å². The van der Waals surface area contributed by atoms with Gasteiger partial charge in [0.2, 0.25) is 10.0 Å². The van der Waals surface area contributed by atoms with E-state index < -0.39 is 16.0 Å². The summed E-state index contributed by atoms with van der Waals surface area (Å²) in [6.07, 6.45) is -0.182. The molecule has 6 nitrogen and oxygen atoms in total. The monoisotopic (exact) mass is 248 g/mol. The predicted octanol–water partition coefficient (Wildman–Crippen LogP) is 0.115. The maximum absolute atomic E-state index is 11.6. The zero-order valence-electron chi connectivity index (χ0n) is 9.47. The van der Waals surface area contributed by atoms with Crippen molar-refractivity contribution in [3.05, 3.63) is 0 Å². The lowest BCUT2D eigenvalue weighted by molar-refractivity contribution is -0.142. The van der Waals surface area contributed by atoms with Gasteiger partial charge in [-0.25, -0.2) is 8.42 Å². The highest BCUT2D eigenvalue weighted by Crippen LogP contribution is 2.03. The average molecular weight is 248 g/mol. The molecular weight excluding hydrogens is 232 g/mol. The Morgan fingerprint density at radius 1 is 1.44 bits per heavy atom. The molecular formula is C9H16N2O4S. The first kappa shape index (κ1) is 14.9. The summed E-state index contributed by atoms with van der Waals surface area (Å²) in [7, 11) is -3.54. The van der Waals surface area contributed by atoms with E-state index in [0.29, 0.717) is 0 Å². The molecule has 92 valence electrons. The summed E-state index contributed by atoms with van der Waals surface area (Å²) in [5.74, 6) is -0.861. The number of nitriles is 1. The number of hydrogen-bond acceptors (Lipinski definition) is 5. The van der Waals surface area contributed by atoms with Gasteiger partial charge in [-0.15, -0.1) is 0 Å². The zero-order valence-corrected chi connectivity index (χ0v) is 10.3. The summed E-state index contributed by atoms with van der Waals surface area (Å²) < 4.78 is 28.9. The van der Waals surface area contributed by atoms with Gasteiger partial charge in [0.1, 0.15) is 6.54 Å². The molecule has 0 bridgehead atoms. The zero-order chi connectivity index (χ0) is 12.6. The molecule has 0 N–H and O–H groups in total. The summed E-state index contributed by atoms with van der Waals surface area (Å²) in [6.45, 7) is 3.55. The SMILES string of the molecule is CCOC(=O)CCS(=O)(=O)N(CC)CC#N. The van der Waals surface area contributed by atoms with Gasteiger partial charge in [0.25, 0.3) is 0 Å². The van der Waals surface area contributed by atoms with Gasteiger partial charge in [0.15, 0.2) is 0 Å². The molecule has 16 heavy (non-hydrogen) atoms. The van der Waals surface area contributed by atoms with Crippen LogP contribution in [0.4, 0.5) is 0 Å². The van der Waals surface area contributed by atoms with Gasteiger partial charge in [-0.2, -0.15) is 9.57 Å². The van der Waals surface area contributed by atoms with E-state index in [0.717, 1.165) is 4.31 Å². The van der Waals surface area contributed by atoms with Crippen LogP contribution in [0, 0.1) is 11.3 Å². The largest absolute Gasteiger partial charge is 0.466 e. The number of rotatable bonds is 7. The van der Waals surface area contributed by atoms with Gasteiger partial charge >= 0.3 is 5.97 Å². The van der Waals surface area contributed by atoms with Crippen LogP contribution in [0.3, 0.4) is 0 Å². The fraction of sp³-hybridized carbons (Fsp3) is 0.778. The van der Waals surface area contributed by atoms with Crippen molar-refractivity contribution in [1.82, 2.24) is 4.31 Å². The Labute approximate surface area is 95.8 Å². The molecule has 0 aromatic rings. The van der Waals surface area contributed by atoms with Crippen molar-refractivity contribution in [3.8, 4) is 6.07 Å². The number of hydrogen-bond donors (Lipinski definition) is 0. The van der Waals surface area contributed by atoms with Crippen molar-refractivity contribution in [2.24, 2.45) is 0 Å². The van der Waals surface area contributed by atoms with Crippen molar-refractivity contribution < 1.29 is 17.9 Å². The first-order valence-electron chi connectivity index (χ1n) is 4.98. The van der Waals surface area contributed by atoms with Crippen LogP contribution in [-0.4, -0.2) is 44.1 Å². The smallest absolute Gasteiger partial charge is 0.306 e. The second-order valence-electron chi connectivity index (χ2n) is 2.96. The van der Waals surface area contributed by atoms with Crippen LogP contribution in [-0.2, 0) is 19.6 Å². The molecule has 0 saturated heterocycles. The summed E-state index contributed by atoms with van der Waals surface area (Å²) in [6, 6.07) is 1.77. The Hall–Kier alpha value is -1.13. The molecule has 0 aromatic carbocycles. The van der Waals surface area contributed by atoms with E-state index in [1.54, 1.807) is 19.9 Å². The predicted molar refractivity (Wildman–Crippen MR) is 57.9 cm³/mol. The Bertz CT molecular complexity index is 358. The van der Waals surface area contributed by atoms with E-state index in [-0.39, 0.29) is 31.9 Å². The molecule has 0 aliphatic rings. The third-order valence-corrected chi connectivity index (χ3v) is 3.76. The normalized spacial score (nSPS) is 11.1. The fourth-order valence-corrected chi connectivity index (χ4v) is 2.39. The molecule has 0 saturated carbocycles. The van der Waals surface area contributed by atoms with E-state index >= 15 is 0 Å². The molecule has 0 radical (unpaired) electrons. The molecule has 0 heterocycles. The van der Waals surface area contributed by atoms with E-state index in [1.165, 1.54) is 0 Å². The Kier molecular flexibility index (Phi) is 6.69. The van der Waals surface area contributed by atoms with Crippen LogP contribution in [0.1, 0.15) is 20.3 Å². The Balaban J connectivity index is 4.34. The fourth-order valence-electron chi connectivity index (χ4n) is 1.06. The maximum atomic E-state index is 11.6. The summed E-state index contributed by atoms with van der Waals surface area (Å²) >= 11 is 0. The molecule has 0 aliphatic heterocycles. The van der Waals surface area contributed by atoms with Gasteiger partial charge in [-0.1, -0.05) is 6.92 Å². The van der Waals surface area contributed by atoms with E-state index in [1.807, 2.05) is 0 Å². The van der Waals surface area contributed by atoms with Gasteiger partial charge < -0.3 is 4.74 Å². The minimum atomic E-state index is -3.54. The molecule has 0 spiro atoms. The van der Waals surface area contributed by atoms with Crippen molar-refractivity contribution in [2.45, 2.75) is 20.3 Å². The third-order valence-electron chi connectivity index (χ3n) is 1.86. The Morgan fingerprint density at radius 2 is 2.06 bits per heavy atom. The second-order valence-corrected chi connectivity index (χ2v) is 5.04. The van der Waals surface area contributed by atoms with E-state index in [2.05, 4.69) is 4.74 Å². The van der Waals surface area contributed by atoms with Crippen LogP contribution < -0.4 is 0 Å². The van der Waals surface area contributed by atoms with Crippen LogP contribution >= 0.6 is 0 Å². The number of nitrogens with zero attached hydrogens (tertiary/aromatic N) is 2. The Morgan fingerprint density at radius 3 is 2.50 bits per heavy atom. The highest BCUT2D eigenvalue weighted by Gasteiger charge is 2.21. The lowest BCUT2D eigenvalue weighted by Gasteiger charge is -2.16. The second kappa shape index (κ2) is 7.19. The van der Waals surface area contributed by atoms with Crippen molar-refractivity contribution >= 4 is 16.0 Å². The molecule has 7 heteroatoms. The molecule has 0 aromatic heterocycles. The molecule has 0 aliphatic carbocycles.